The van der Waals surface area contributed by atoms with E-state index in [2.05, 4.69) is 121 Å². The largest absolute Gasteiger partial charge is 1.00 e. The van der Waals surface area contributed by atoms with Crippen molar-refractivity contribution in [2.45, 2.75) is 4.74 Å². The molecule has 2 aliphatic carbocycles. The number of hydrogen-bond donors (Lipinski definition) is 0. The smallest absolute Gasteiger partial charge is 1.00 e. The van der Waals surface area contributed by atoms with Crippen LogP contribution in [0.3, 0.4) is 0 Å². The summed E-state index contributed by atoms with van der Waals surface area (Å²) in [6.07, 6.45) is 4.83. The molecule has 148 valence electrons. The molecule has 7 rings (SSSR count). The van der Waals surface area contributed by atoms with E-state index >= 15 is 0 Å². The Kier molecular flexibility index (Phi) is 6.02. The third-order valence-electron chi connectivity index (χ3n) is 5.72. The molecule has 0 nitrogen and oxygen atoms in total. The van der Waals surface area contributed by atoms with Gasteiger partial charge in [-0.25, -0.2) is 0 Å². The Labute approximate surface area is 227 Å². The van der Waals surface area contributed by atoms with Gasteiger partial charge in [-0.05, 0) is 0 Å². The fourth-order valence-electron chi connectivity index (χ4n) is 4.59. The zero-order chi connectivity index (χ0) is 18.6. The van der Waals surface area contributed by atoms with Crippen LogP contribution in [0.15, 0.2) is 66.1 Å². The van der Waals surface area contributed by atoms with Crippen LogP contribution in [0, 0.1) is 0 Å². The van der Waals surface area contributed by atoms with Crippen molar-refractivity contribution < 1.29 is 48.0 Å². The van der Waals surface area contributed by atoms with Crippen LogP contribution in [-0.2, 0) is 23.2 Å². The first-order chi connectivity index (χ1) is 13.6. The van der Waals surface area contributed by atoms with Crippen LogP contribution in [0.1, 0.15) is 0 Å². The predicted molar refractivity (Wildman–Crippen MR) is 127 cm³/mol. The number of benzene rings is 2. The molecule has 1 saturated heterocycles. The Morgan fingerprint density at radius 1 is 0.900 bits per heavy atom. The van der Waals surface area contributed by atoms with Gasteiger partial charge in [0.05, 0.1) is 0 Å². The summed E-state index contributed by atoms with van der Waals surface area (Å²) < 4.78 is 4.91. The Balaban J connectivity index is 0.000000963. The molecule has 3 aliphatic heterocycles. The molecule has 8 heteroatoms. The van der Waals surface area contributed by atoms with Gasteiger partial charge in [0.2, 0.25) is 0 Å². The third kappa shape index (κ3) is 3.11. The molecule has 1 spiro atoms. The molecule has 2 atom stereocenters. The van der Waals surface area contributed by atoms with Gasteiger partial charge in [0, 0.05) is 0 Å². The van der Waals surface area contributed by atoms with E-state index in [1.165, 1.54) is 41.0 Å². The second kappa shape index (κ2) is 7.98. The summed E-state index contributed by atoms with van der Waals surface area (Å²) in [4.78, 5) is 0. The second-order valence-corrected chi connectivity index (χ2v) is 19.8. The Morgan fingerprint density at radius 3 is 2.37 bits per heavy atom. The molecule has 2 aromatic carbocycles. The molecule has 30 heavy (non-hydrogen) atoms. The van der Waals surface area contributed by atoms with Crippen LogP contribution in [0.25, 0.3) is 23.3 Å². The predicted octanol–water partition coefficient (Wildman–Crippen LogP) is -1.79. The Bertz CT molecular complexity index is 1460. The number of thioether (sulfide) groups is 3. The summed E-state index contributed by atoms with van der Waals surface area (Å²) in [5.74, 6) is 0. The van der Waals surface area contributed by atoms with Gasteiger partial charge in [-0.1, -0.05) is 0 Å². The summed E-state index contributed by atoms with van der Waals surface area (Å²) in [5, 5.41) is 8.16. The molecule has 2 bridgehead atoms. The van der Waals surface area contributed by atoms with Crippen LogP contribution < -0.4 is 45.7 Å². The van der Waals surface area contributed by atoms with Crippen molar-refractivity contribution in [3.05, 3.63) is 87.0 Å². The van der Waals surface area contributed by atoms with Gasteiger partial charge in [0.25, 0.3) is 0 Å². The summed E-state index contributed by atoms with van der Waals surface area (Å²) in [7, 11) is 0. The molecule has 5 aliphatic rings. The van der Waals surface area contributed by atoms with Crippen molar-refractivity contribution in [1.82, 2.24) is 0 Å². The topological polar surface area (TPSA) is 0 Å². The normalized spacial score (nSPS) is 25.7. The summed E-state index contributed by atoms with van der Waals surface area (Å²) in [5.41, 5.74) is 6.26. The van der Waals surface area contributed by atoms with Gasteiger partial charge < -0.3 is 24.8 Å². The van der Waals surface area contributed by atoms with E-state index in [-0.39, 0.29) is 26.6 Å². The van der Waals surface area contributed by atoms with Crippen LogP contribution in [0.4, 0.5) is 0 Å². The summed E-state index contributed by atoms with van der Waals surface area (Å²) in [6, 6.07) is 13.6. The minimum absolute atomic E-state index is 0. The van der Waals surface area contributed by atoms with Crippen LogP contribution in [0.5, 0.6) is 0 Å². The molecule has 0 radical (unpaired) electrons. The summed E-state index contributed by atoms with van der Waals surface area (Å²) in [6.45, 7) is 0. The van der Waals surface area contributed by atoms with E-state index < -0.39 is 23.2 Å². The van der Waals surface area contributed by atoms with Crippen LogP contribution in [-0.4, -0.2) is 4.74 Å². The SMILES string of the molecule is Brc1ccc2c(c1)=CC1=C3S[CH]([Zr+2][C]4(SC=C5C=c6cc(Br)ccc6=C54)S3)C=21.[Cl-].[Cl-]. The average Bonchev–Trinajstić information content (AvgIpc) is 3.37. The van der Waals surface area contributed by atoms with Gasteiger partial charge >= 0.3 is 205 Å². The average molecular weight is 692 g/mol. The standard InChI is InChI=1S/C22H10Br2S3.2ClH.Zr/c23-14-1-3-16-12(7-14)8-18-19(16)10-26-21(18)27-22-20-13(9-25-22)5-11-6-15(24)2-4-17(11)20;;;/h1-10H;2*1H;/q;;;+2/p-2. The van der Waals surface area contributed by atoms with Crippen LogP contribution in [0.2, 0.25) is 0 Å². The van der Waals surface area contributed by atoms with Crippen molar-refractivity contribution in [3.8, 4) is 0 Å². The minimum Gasteiger partial charge on any atom is -1.00 e. The van der Waals surface area contributed by atoms with Crippen molar-refractivity contribution in [2.75, 3.05) is 0 Å². The molecule has 3 heterocycles. The first kappa shape index (κ1) is 22.7. The monoisotopic (exact) mass is 688 g/mol. The van der Waals surface area contributed by atoms with Gasteiger partial charge in [-0.3, -0.25) is 0 Å². The maximum atomic E-state index is 3.64. The van der Waals surface area contributed by atoms with Gasteiger partial charge in [0.1, 0.15) is 0 Å². The van der Waals surface area contributed by atoms with Crippen molar-refractivity contribution in [3.63, 3.8) is 0 Å². The van der Waals surface area contributed by atoms with Gasteiger partial charge in [0.15, 0.2) is 0 Å². The maximum absolute atomic E-state index is 3.64. The summed E-state index contributed by atoms with van der Waals surface area (Å²) >= 11 is 13.0. The van der Waals surface area contributed by atoms with E-state index in [4.69, 9.17) is 0 Å². The first-order valence-corrected chi connectivity index (χ1v) is 15.7. The number of halogens is 4. The molecule has 2 aromatic rings. The number of rotatable bonds is 0. The molecule has 0 saturated carbocycles. The molecule has 1 fully saturated rings. The number of fused-ring (bicyclic) bond motifs is 8. The molecule has 0 amide bonds. The third-order valence-corrected chi connectivity index (χ3v) is 18.0. The van der Waals surface area contributed by atoms with Gasteiger partial charge in [-0.2, -0.15) is 0 Å². The van der Waals surface area contributed by atoms with E-state index in [9.17, 15) is 0 Å². The fourth-order valence-corrected chi connectivity index (χ4v) is 20.6. The second-order valence-electron chi connectivity index (χ2n) is 7.29. The molecular formula is C22H10Br2Cl2S3Zr. The maximum Gasteiger partial charge on any atom is -1.00 e. The molecular weight excluding hydrogens is 682 g/mol. The zero-order valence-electron chi connectivity index (χ0n) is 15.0. The minimum atomic E-state index is -0.763. The molecule has 0 N–H and O–H groups in total. The Morgan fingerprint density at radius 2 is 1.60 bits per heavy atom. The van der Waals surface area contributed by atoms with Crippen LogP contribution >= 0.6 is 67.1 Å². The quantitative estimate of drug-likeness (QED) is 0.321. The van der Waals surface area contributed by atoms with Crippen molar-refractivity contribution in [2.24, 2.45) is 0 Å². The van der Waals surface area contributed by atoms with E-state index in [1.54, 1.807) is 15.4 Å². The van der Waals surface area contributed by atoms with Crippen molar-refractivity contribution >= 4 is 90.4 Å². The van der Waals surface area contributed by atoms with E-state index in [0.717, 1.165) is 2.96 Å². The number of allylic oxidation sites excluding steroid dienone is 2. The van der Waals surface area contributed by atoms with Gasteiger partial charge in [-0.15, -0.1) is 0 Å². The first-order valence-electron chi connectivity index (χ1n) is 8.91. The zero-order valence-corrected chi connectivity index (χ0v) is 24.6. The van der Waals surface area contributed by atoms with E-state index in [1.807, 2.05) is 0 Å². The molecule has 2 unspecified atom stereocenters. The fraction of sp³-hybridized carbons (Fsp3) is 0.0909. The Hall–Kier alpha value is 0.873. The van der Waals surface area contributed by atoms with Crippen molar-refractivity contribution in [1.29, 1.82) is 0 Å². The molecule has 0 aromatic heterocycles. The number of hydrogen-bond acceptors (Lipinski definition) is 3. The van der Waals surface area contributed by atoms with E-state index in [0.29, 0.717) is 0 Å².